The largest absolute Gasteiger partial charge is 0.311 e. The van der Waals surface area contributed by atoms with Gasteiger partial charge in [0.05, 0.1) is 0 Å². The van der Waals surface area contributed by atoms with Crippen LogP contribution in [-0.2, 0) is 4.79 Å². The van der Waals surface area contributed by atoms with Gasteiger partial charge in [-0.15, -0.1) is 0 Å². The molecule has 1 unspecified atom stereocenters. The molecule has 1 fully saturated rings. The highest BCUT2D eigenvalue weighted by molar-refractivity contribution is 7.81. The van der Waals surface area contributed by atoms with E-state index in [2.05, 4.69) is 12.6 Å². The van der Waals surface area contributed by atoms with Gasteiger partial charge in [-0.2, -0.15) is 12.6 Å². The van der Waals surface area contributed by atoms with Crippen LogP contribution in [0.4, 0.5) is 10.1 Å². The van der Waals surface area contributed by atoms with E-state index in [0.29, 0.717) is 13.0 Å². The summed E-state index contributed by atoms with van der Waals surface area (Å²) >= 11 is 4.28. The van der Waals surface area contributed by atoms with Crippen molar-refractivity contribution in [3.8, 4) is 0 Å². The number of carbonyl (C=O) groups excluding carboxylic acids is 1. The molecular formula is C11H12FNOS. The molecular weight excluding hydrogens is 213 g/mol. The Kier molecular flexibility index (Phi) is 2.69. The summed E-state index contributed by atoms with van der Waals surface area (Å²) in [7, 11) is 0. The third kappa shape index (κ3) is 2.00. The summed E-state index contributed by atoms with van der Waals surface area (Å²) in [5.74, 6) is -0.213. The zero-order valence-corrected chi connectivity index (χ0v) is 9.30. The molecule has 0 bridgehead atoms. The number of benzene rings is 1. The first-order valence-corrected chi connectivity index (χ1v) is 5.34. The van der Waals surface area contributed by atoms with E-state index >= 15 is 0 Å². The number of halogens is 1. The predicted octanol–water partition coefficient (Wildman–Crippen LogP) is 2.17. The molecule has 0 N–H and O–H groups in total. The van der Waals surface area contributed by atoms with Crippen molar-refractivity contribution in [1.29, 1.82) is 0 Å². The van der Waals surface area contributed by atoms with Crippen molar-refractivity contribution in [2.45, 2.75) is 18.6 Å². The van der Waals surface area contributed by atoms with Gasteiger partial charge in [0.1, 0.15) is 5.82 Å². The van der Waals surface area contributed by atoms with Gasteiger partial charge >= 0.3 is 0 Å². The normalized spacial score (nSPS) is 21.1. The molecule has 1 aliphatic heterocycles. The molecule has 0 spiro atoms. The molecule has 80 valence electrons. The number of hydrogen-bond donors (Lipinski definition) is 1. The second kappa shape index (κ2) is 3.85. The third-order valence-corrected chi connectivity index (χ3v) is 2.90. The van der Waals surface area contributed by atoms with Gasteiger partial charge in [0.2, 0.25) is 5.91 Å². The van der Waals surface area contributed by atoms with Crippen molar-refractivity contribution >= 4 is 24.2 Å². The van der Waals surface area contributed by atoms with Crippen molar-refractivity contribution in [1.82, 2.24) is 0 Å². The fourth-order valence-corrected chi connectivity index (χ4v) is 2.16. The van der Waals surface area contributed by atoms with Crippen LogP contribution in [0.5, 0.6) is 0 Å². The van der Waals surface area contributed by atoms with Crippen LogP contribution < -0.4 is 4.90 Å². The van der Waals surface area contributed by atoms with E-state index < -0.39 is 0 Å². The van der Waals surface area contributed by atoms with Crippen LogP contribution in [0.25, 0.3) is 0 Å². The topological polar surface area (TPSA) is 20.3 Å². The quantitative estimate of drug-likeness (QED) is 0.726. The molecule has 4 heteroatoms. The van der Waals surface area contributed by atoms with Gasteiger partial charge in [-0.1, -0.05) is 0 Å². The van der Waals surface area contributed by atoms with E-state index in [0.717, 1.165) is 11.3 Å². The summed E-state index contributed by atoms with van der Waals surface area (Å²) < 4.78 is 12.9. The first-order valence-electron chi connectivity index (χ1n) is 4.82. The molecule has 0 saturated carbocycles. The van der Waals surface area contributed by atoms with Gasteiger partial charge in [0.25, 0.3) is 0 Å². The number of rotatable bonds is 1. The molecule has 1 saturated heterocycles. The first kappa shape index (κ1) is 10.5. The maximum atomic E-state index is 12.9. The SMILES string of the molecule is Cc1cc(F)ccc1N1CC(S)CC1=O. The zero-order valence-electron chi connectivity index (χ0n) is 8.40. The Morgan fingerprint density at radius 3 is 2.80 bits per heavy atom. The molecule has 1 aliphatic rings. The highest BCUT2D eigenvalue weighted by Crippen LogP contribution is 2.27. The van der Waals surface area contributed by atoms with Crippen LogP contribution in [0.2, 0.25) is 0 Å². The molecule has 1 aromatic carbocycles. The maximum Gasteiger partial charge on any atom is 0.228 e. The van der Waals surface area contributed by atoms with E-state index in [1.807, 2.05) is 0 Å². The number of aryl methyl sites for hydroxylation is 1. The van der Waals surface area contributed by atoms with Gasteiger partial charge < -0.3 is 4.90 Å². The van der Waals surface area contributed by atoms with Crippen LogP contribution in [0.15, 0.2) is 18.2 Å². The fraction of sp³-hybridized carbons (Fsp3) is 0.364. The van der Waals surface area contributed by atoms with E-state index in [-0.39, 0.29) is 17.0 Å². The Labute approximate surface area is 93.5 Å². The van der Waals surface area contributed by atoms with Gasteiger partial charge in [0.15, 0.2) is 0 Å². The number of anilines is 1. The molecule has 2 nitrogen and oxygen atoms in total. The Morgan fingerprint density at radius 1 is 1.53 bits per heavy atom. The van der Waals surface area contributed by atoms with Crippen LogP contribution in [-0.4, -0.2) is 17.7 Å². The third-order valence-electron chi connectivity index (χ3n) is 2.55. The standard InChI is InChI=1S/C11H12FNOS/c1-7-4-8(12)2-3-10(7)13-6-9(15)5-11(13)14/h2-4,9,15H,5-6H2,1H3. The Balaban J connectivity index is 2.34. The Morgan fingerprint density at radius 2 is 2.27 bits per heavy atom. The molecule has 0 aromatic heterocycles. The average Bonchev–Trinajstić information content (AvgIpc) is 2.45. The zero-order chi connectivity index (χ0) is 11.0. The summed E-state index contributed by atoms with van der Waals surface area (Å²) in [4.78, 5) is 13.3. The summed E-state index contributed by atoms with van der Waals surface area (Å²) in [6.45, 7) is 2.41. The molecule has 0 aliphatic carbocycles. The lowest BCUT2D eigenvalue weighted by Gasteiger charge is -2.18. The molecule has 15 heavy (non-hydrogen) atoms. The van der Waals surface area contributed by atoms with Crippen LogP contribution in [0.3, 0.4) is 0 Å². The Bertz CT molecular complexity index is 408. The minimum absolute atomic E-state index is 0.0599. The molecule has 1 atom stereocenters. The minimum atomic E-state index is -0.273. The van der Waals surface area contributed by atoms with Gasteiger partial charge in [-0.05, 0) is 30.7 Å². The van der Waals surface area contributed by atoms with Crippen molar-refractivity contribution < 1.29 is 9.18 Å². The van der Waals surface area contributed by atoms with Crippen LogP contribution in [0.1, 0.15) is 12.0 Å². The highest BCUT2D eigenvalue weighted by Gasteiger charge is 2.28. The number of hydrogen-bond acceptors (Lipinski definition) is 2. The minimum Gasteiger partial charge on any atom is -0.311 e. The summed E-state index contributed by atoms with van der Waals surface area (Å²) in [6, 6.07) is 4.46. The number of carbonyl (C=O) groups is 1. The van der Waals surface area contributed by atoms with Gasteiger partial charge in [0, 0.05) is 23.9 Å². The molecule has 1 aromatic rings. The smallest absolute Gasteiger partial charge is 0.228 e. The highest BCUT2D eigenvalue weighted by atomic mass is 32.1. The molecule has 2 rings (SSSR count). The van der Waals surface area contributed by atoms with E-state index in [4.69, 9.17) is 0 Å². The van der Waals surface area contributed by atoms with Gasteiger partial charge in [-0.3, -0.25) is 4.79 Å². The van der Waals surface area contributed by atoms with E-state index in [1.165, 1.54) is 12.1 Å². The number of thiol groups is 1. The first-order chi connectivity index (χ1) is 7.08. The lowest BCUT2D eigenvalue weighted by Crippen LogP contribution is -2.25. The number of amides is 1. The summed E-state index contributed by atoms with van der Waals surface area (Å²) in [5.41, 5.74) is 1.57. The predicted molar refractivity (Wildman–Crippen MR) is 60.9 cm³/mol. The monoisotopic (exact) mass is 225 g/mol. The average molecular weight is 225 g/mol. The number of nitrogens with zero attached hydrogens (tertiary/aromatic N) is 1. The fourth-order valence-electron chi connectivity index (χ4n) is 1.84. The van der Waals surface area contributed by atoms with E-state index in [1.54, 1.807) is 17.9 Å². The summed E-state index contributed by atoms with van der Waals surface area (Å²) in [5, 5.41) is 0.0851. The maximum absolute atomic E-state index is 12.9. The summed E-state index contributed by atoms with van der Waals surface area (Å²) in [6.07, 6.45) is 0.458. The van der Waals surface area contributed by atoms with Crippen molar-refractivity contribution in [3.63, 3.8) is 0 Å². The van der Waals surface area contributed by atoms with Crippen molar-refractivity contribution in [2.24, 2.45) is 0 Å². The second-order valence-electron chi connectivity index (χ2n) is 3.79. The van der Waals surface area contributed by atoms with Crippen LogP contribution >= 0.6 is 12.6 Å². The van der Waals surface area contributed by atoms with Gasteiger partial charge in [-0.25, -0.2) is 4.39 Å². The lowest BCUT2D eigenvalue weighted by molar-refractivity contribution is -0.117. The van der Waals surface area contributed by atoms with E-state index in [9.17, 15) is 9.18 Å². The molecule has 1 heterocycles. The Hall–Kier alpha value is -1.03. The van der Waals surface area contributed by atoms with Crippen LogP contribution in [0, 0.1) is 12.7 Å². The molecule has 1 amide bonds. The van der Waals surface area contributed by atoms with Crippen molar-refractivity contribution in [2.75, 3.05) is 11.4 Å². The second-order valence-corrected chi connectivity index (χ2v) is 4.52. The molecule has 0 radical (unpaired) electrons. The van der Waals surface area contributed by atoms with Crippen molar-refractivity contribution in [3.05, 3.63) is 29.6 Å². The lowest BCUT2D eigenvalue weighted by atomic mass is 10.2.